The summed E-state index contributed by atoms with van der Waals surface area (Å²) >= 11 is 1.74. The first-order chi connectivity index (χ1) is 8.74. The van der Waals surface area contributed by atoms with Crippen LogP contribution in [0.1, 0.15) is 38.9 Å². The number of nitrogens with zero attached hydrogens (tertiary/aromatic N) is 2. The third-order valence-electron chi connectivity index (χ3n) is 3.33. The van der Waals surface area contributed by atoms with Gasteiger partial charge in [-0.2, -0.15) is 0 Å². The highest BCUT2D eigenvalue weighted by Gasteiger charge is 2.21. The van der Waals surface area contributed by atoms with E-state index in [0.717, 1.165) is 43.5 Å². The zero-order chi connectivity index (χ0) is 13.0. The Morgan fingerprint density at radius 3 is 3.17 bits per heavy atom. The minimum Gasteiger partial charge on any atom is -0.375 e. The molecule has 2 unspecified atom stereocenters. The summed E-state index contributed by atoms with van der Waals surface area (Å²) in [6, 6.07) is 0.336. The second-order valence-corrected chi connectivity index (χ2v) is 5.52. The van der Waals surface area contributed by atoms with Crippen molar-refractivity contribution >= 4 is 16.5 Å². The maximum atomic E-state index is 5.69. The molecule has 0 radical (unpaired) electrons. The molecule has 0 bridgehead atoms. The van der Waals surface area contributed by atoms with Crippen molar-refractivity contribution in [3.05, 3.63) is 11.1 Å². The maximum absolute atomic E-state index is 5.69. The van der Waals surface area contributed by atoms with Crippen LogP contribution in [0.3, 0.4) is 0 Å². The average molecular weight is 269 g/mol. The van der Waals surface area contributed by atoms with Gasteiger partial charge in [-0.1, -0.05) is 13.8 Å². The Kier molecular flexibility index (Phi) is 4.97. The van der Waals surface area contributed by atoms with Crippen molar-refractivity contribution in [2.45, 2.75) is 39.3 Å². The van der Waals surface area contributed by atoms with Gasteiger partial charge in [0.2, 0.25) is 0 Å². The Balaban J connectivity index is 2.00. The van der Waals surface area contributed by atoms with Crippen LogP contribution in [0, 0.1) is 0 Å². The minimum atomic E-state index is 0.336. The molecule has 4 nitrogen and oxygen atoms in total. The van der Waals surface area contributed by atoms with Gasteiger partial charge < -0.3 is 15.0 Å². The Bertz CT molecular complexity index is 369. The molecule has 1 aliphatic heterocycles. The molecule has 1 fully saturated rings. The van der Waals surface area contributed by atoms with Crippen LogP contribution in [0.15, 0.2) is 5.38 Å². The summed E-state index contributed by atoms with van der Waals surface area (Å²) in [5, 5.41) is 6.70. The van der Waals surface area contributed by atoms with Crippen molar-refractivity contribution in [2.24, 2.45) is 0 Å². The summed E-state index contributed by atoms with van der Waals surface area (Å²) in [4.78, 5) is 7.10. The highest BCUT2D eigenvalue weighted by atomic mass is 32.1. The zero-order valence-corrected chi connectivity index (χ0v) is 12.3. The maximum Gasteiger partial charge on any atom is 0.185 e. The molecule has 2 atom stereocenters. The van der Waals surface area contributed by atoms with Crippen molar-refractivity contribution in [3.8, 4) is 0 Å². The summed E-state index contributed by atoms with van der Waals surface area (Å²) < 4.78 is 5.69. The van der Waals surface area contributed by atoms with Gasteiger partial charge in [0.05, 0.1) is 18.4 Å². The molecule has 5 heteroatoms. The van der Waals surface area contributed by atoms with E-state index < -0.39 is 0 Å². The molecule has 0 amide bonds. The van der Waals surface area contributed by atoms with Gasteiger partial charge >= 0.3 is 0 Å². The standard InChI is InChI=1S/C13H23N3OS/c1-4-11-8-16(6-7-17-11)13-15-12(9-18-13)10(3)14-5-2/h9-11,14H,4-8H2,1-3H3. The topological polar surface area (TPSA) is 37.4 Å². The number of rotatable bonds is 5. The fourth-order valence-corrected chi connectivity index (χ4v) is 3.13. The largest absolute Gasteiger partial charge is 0.375 e. The predicted octanol–water partition coefficient (Wildman–Crippen LogP) is 2.43. The second kappa shape index (κ2) is 6.50. The van der Waals surface area contributed by atoms with Crippen molar-refractivity contribution in [3.63, 3.8) is 0 Å². The summed E-state index contributed by atoms with van der Waals surface area (Å²) in [6.45, 7) is 10.2. The molecule has 0 saturated carbocycles. The highest BCUT2D eigenvalue weighted by molar-refractivity contribution is 7.13. The molecule has 102 valence electrons. The molecule has 1 aromatic heterocycles. The summed E-state index contributed by atoms with van der Waals surface area (Å²) in [5.41, 5.74) is 1.15. The van der Waals surface area contributed by atoms with Gasteiger partial charge in [0.15, 0.2) is 5.13 Å². The molecule has 2 rings (SSSR count). The van der Waals surface area contributed by atoms with Gasteiger partial charge in [0.1, 0.15) is 0 Å². The van der Waals surface area contributed by atoms with Crippen molar-refractivity contribution in [1.29, 1.82) is 0 Å². The molecule has 1 aromatic rings. The average Bonchev–Trinajstić information content (AvgIpc) is 2.89. The van der Waals surface area contributed by atoms with Crippen LogP contribution in [-0.2, 0) is 4.74 Å². The molecule has 0 aromatic carbocycles. The summed E-state index contributed by atoms with van der Waals surface area (Å²) in [6.07, 6.45) is 1.43. The molecule has 0 spiro atoms. The van der Waals surface area contributed by atoms with Crippen LogP contribution < -0.4 is 10.2 Å². The summed E-state index contributed by atoms with van der Waals surface area (Å²) in [5.74, 6) is 0. The Hall–Kier alpha value is -0.650. The second-order valence-electron chi connectivity index (χ2n) is 4.68. The van der Waals surface area contributed by atoms with E-state index in [9.17, 15) is 0 Å². The number of ether oxygens (including phenoxy) is 1. The number of nitrogens with one attached hydrogen (secondary N) is 1. The molecular formula is C13H23N3OS. The van der Waals surface area contributed by atoms with E-state index in [-0.39, 0.29) is 0 Å². The minimum absolute atomic E-state index is 0.336. The molecular weight excluding hydrogens is 246 g/mol. The molecule has 1 N–H and O–H groups in total. The van der Waals surface area contributed by atoms with Crippen molar-refractivity contribution < 1.29 is 4.74 Å². The first-order valence-electron chi connectivity index (χ1n) is 6.80. The Morgan fingerprint density at radius 1 is 1.61 bits per heavy atom. The van der Waals surface area contributed by atoms with Crippen molar-refractivity contribution in [1.82, 2.24) is 10.3 Å². The molecule has 2 heterocycles. The van der Waals surface area contributed by atoms with Gasteiger partial charge in [-0.15, -0.1) is 11.3 Å². The molecule has 1 aliphatic rings. The smallest absolute Gasteiger partial charge is 0.185 e. The van der Waals surface area contributed by atoms with Gasteiger partial charge in [-0.25, -0.2) is 4.98 Å². The lowest BCUT2D eigenvalue weighted by Gasteiger charge is -2.32. The lowest BCUT2D eigenvalue weighted by Crippen LogP contribution is -2.42. The summed E-state index contributed by atoms with van der Waals surface area (Å²) in [7, 11) is 0. The zero-order valence-electron chi connectivity index (χ0n) is 11.5. The van der Waals surface area contributed by atoms with Crippen LogP contribution in [-0.4, -0.2) is 37.3 Å². The predicted molar refractivity (Wildman–Crippen MR) is 76.4 cm³/mol. The number of hydrogen-bond donors (Lipinski definition) is 1. The first kappa shape index (κ1) is 13.8. The van der Waals surface area contributed by atoms with Crippen LogP contribution >= 0.6 is 11.3 Å². The van der Waals surface area contributed by atoms with Gasteiger partial charge in [0, 0.05) is 24.5 Å². The highest BCUT2D eigenvalue weighted by Crippen LogP contribution is 2.25. The number of aromatic nitrogens is 1. The fraction of sp³-hybridized carbons (Fsp3) is 0.769. The van der Waals surface area contributed by atoms with Crippen LogP contribution in [0.4, 0.5) is 5.13 Å². The number of anilines is 1. The number of hydrogen-bond acceptors (Lipinski definition) is 5. The van der Waals surface area contributed by atoms with E-state index in [2.05, 4.69) is 36.4 Å². The Labute approximate surface area is 113 Å². The van der Waals surface area contributed by atoms with Gasteiger partial charge in [-0.3, -0.25) is 0 Å². The SMILES string of the molecule is CCNC(C)c1csc(N2CCOC(CC)C2)n1. The van der Waals surface area contributed by atoms with Gasteiger partial charge in [0.25, 0.3) is 0 Å². The molecule has 1 saturated heterocycles. The van der Waals surface area contributed by atoms with E-state index in [0.29, 0.717) is 12.1 Å². The number of morpholine rings is 1. The van der Waals surface area contributed by atoms with E-state index >= 15 is 0 Å². The lowest BCUT2D eigenvalue weighted by molar-refractivity contribution is 0.0384. The van der Waals surface area contributed by atoms with Crippen LogP contribution in [0.2, 0.25) is 0 Å². The van der Waals surface area contributed by atoms with Crippen LogP contribution in [0.5, 0.6) is 0 Å². The Morgan fingerprint density at radius 2 is 2.44 bits per heavy atom. The monoisotopic (exact) mass is 269 g/mol. The third-order valence-corrected chi connectivity index (χ3v) is 4.25. The normalized spacial score (nSPS) is 22.2. The molecule has 18 heavy (non-hydrogen) atoms. The number of thiazole rings is 1. The fourth-order valence-electron chi connectivity index (χ4n) is 2.17. The first-order valence-corrected chi connectivity index (χ1v) is 7.67. The quantitative estimate of drug-likeness (QED) is 0.891. The van der Waals surface area contributed by atoms with E-state index in [4.69, 9.17) is 9.72 Å². The van der Waals surface area contributed by atoms with E-state index in [1.807, 2.05) is 0 Å². The van der Waals surface area contributed by atoms with E-state index in [1.165, 1.54) is 0 Å². The third kappa shape index (κ3) is 3.22. The molecule has 0 aliphatic carbocycles. The van der Waals surface area contributed by atoms with Crippen molar-refractivity contribution in [2.75, 3.05) is 31.1 Å². The lowest BCUT2D eigenvalue weighted by atomic mass is 10.2. The van der Waals surface area contributed by atoms with Gasteiger partial charge in [-0.05, 0) is 19.9 Å². The van der Waals surface area contributed by atoms with E-state index in [1.54, 1.807) is 11.3 Å². The van der Waals surface area contributed by atoms with Crippen LogP contribution in [0.25, 0.3) is 0 Å².